The minimum atomic E-state index is -0.0605. The Morgan fingerprint density at radius 3 is 2.89 bits per heavy atom. The number of carbonyl (C=O) groups is 1. The zero-order valence-corrected chi connectivity index (χ0v) is 11.5. The van der Waals surface area contributed by atoms with Crippen LogP contribution in [0.3, 0.4) is 0 Å². The number of hydrogen-bond donors (Lipinski definition) is 2. The quantitative estimate of drug-likeness (QED) is 0.560. The van der Waals surface area contributed by atoms with E-state index in [4.69, 9.17) is 5.11 Å². The summed E-state index contributed by atoms with van der Waals surface area (Å²) in [4.78, 5) is 16.1. The molecule has 1 aromatic rings. The minimum absolute atomic E-state index is 0.0605. The maximum Gasteiger partial charge on any atom is 0.254 e. The Labute approximate surface area is 112 Å². The maximum atomic E-state index is 11.9. The van der Waals surface area contributed by atoms with Crippen molar-refractivity contribution in [2.24, 2.45) is 0 Å². The van der Waals surface area contributed by atoms with Crippen molar-refractivity contribution in [3.63, 3.8) is 0 Å². The van der Waals surface area contributed by atoms with Gasteiger partial charge in [0.25, 0.3) is 5.91 Å². The molecule has 0 bridgehead atoms. The summed E-state index contributed by atoms with van der Waals surface area (Å²) in [6.07, 6.45) is 7.43. The van der Waals surface area contributed by atoms with E-state index in [1.54, 1.807) is 18.3 Å². The van der Waals surface area contributed by atoms with Crippen LogP contribution in [-0.2, 0) is 0 Å². The molecule has 0 saturated carbocycles. The van der Waals surface area contributed by atoms with E-state index in [9.17, 15) is 4.79 Å². The zero-order valence-electron chi connectivity index (χ0n) is 10.7. The van der Waals surface area contributed by atoms with Gasteiger partial charge in [-0.3, -0.25) is 4.79 Å². The molecular formula is C13H20N2O2S. The molecule has 1 amide bonds. The second-order valence-corrected chi connectivity index (χ2v) is 4.75. The molecule has 5 heteroatoms. The highest BCUT2D eigenvalue weighted by Crippen LogP contribution is 2.16. The van der Waals surface area contributed by atoms with E-state index in [0.717, 1.165) is 30.7 Å². The van der Waals surface area contributed by atoms with Gasteiger partial charge in [0.2, 0.25) is 0 Å². The fourth-order valence-electron chi connectivity index (χ4n) is 1.61. The van der Waals surface area contributed by atoms with Crippen LogP contribution in [0.15, 0.2) is 23.4 Å². The molecule has 0 saturated heterocycles. The summed E-state index contributed by atoms with van der Waals surface area (Å²) >= 11 is 1.47. The first-order chi connectivity index (χ1) is 8.79. The van der Waals surface area contributed by atoms with Gasteiger partial charge in [0.05, 0.1) is 5.56 Å². The maximum absolute atomic E-state index is 11.9. The number of aromatic nitrogens is 1. The van der Waals surface area contributed by atoms with Gasteiger partial charge in [0, 0.05) is 19.3 Å². The molecule has 0 aliphatic rings. The number of pyridine rings is 1. The highest BCUT2D eigenvalue weighted by molar-refractivity contribution is 7.98. The third-order valence-corrected chi connectivity index (χ3v) is 3.29. The first-order valence-corrected chi connectivity index (χ1v) is 7.40. The van der Waals surface area contributed by atoms with Gasteiger partial charge in [-0.05, 0) is 31.2 Å². The molecule has 100 valence electrons. The molecule has 0 aliphatic heterocycles. The van der Waals surface area contributed by atoms with Crippen molar-refractivity contribution >= 4 is 17.7 Å². The Kier molecular flexibility index (Phi) is 7.44. The molecule has 2 N–H and O–H groups in total. The molecular weight excluding hydrogens is 248 g/mol. The van der Waals surface area contributed by atoms with Crippen LogP contribution in [0.4, 0.5) is 0 Å². The van der Waals surface area contributed by atoms with Gasteiger partial charge in [0.15, 0.2) is 0 Å². The van der Waals surface area contributed by atoms with Crippen LogP contribution in [0, 0.1) is 0 Å². The van der Waals surface area contributed by atoms with Gasteiger partial charge in [-0.15, -0.1) is 11.8 Å². The Bertz CT molecular complexity index is 372. The molecule has 18 heavy (non-hydrogen) atoms. The summed E-state index contributed by atoms with van der Waals surface area (Å²) in [5.74, 6) is -0.0605. The molecule has 0 atom stereocenters. The summed E-state index contributed by atoms with van der Waals surface area (Å²) in [6, 6.07) is 3.57. The average Bonchev–Trinajstić information content (AvgIpc) is 2.42. The second-order valence-electron chi connectivity index (χ2n) is 3.95. The number of hydrogen-bond acceptors (Lipinski definition) is 4. The van der Waals surface area contributed by atoms with Crippen LogP contribution in [0.1, 0.15) is 36.0 Å². The lowest BCUT2D eigenvalue weighted by Gasteiger charge is -2.07. The van der Waals surface area contributed by atoms with E-state index in [-0.39, 0.29) is 12.5 Å². The highest BCUT2D eigenvalue weighted by atomic mass is 32.2. The number of carbonyl (C=O) groups excluding carboxylic acids is 1. The molecule has 1 heterocycles. The SMILES string of the molecule is CSc1ncccc1C(=O)NCCCCCCO. The lowest BCUT2D eigenvalue weighted by atomic mass is 10.2. The number of thioether (sulfide) groups is 1. The number of aliphatic hydroxyl groups is 1. The van der Waals surface area contributed by atoms with Crippen molar-refractivity contribution in [3.05, 3.63) is 23.9 Å². The topological polar surface area (TPSA) is 62.2 Å². The number of aliphatic hydroxyl groups excluding tert-OH is 1. The van der Waals surface area contributed by atoms with E-state index < -0.39 is 0 Å². The van der Waals surface area contributed by atoms with Gasteiger partial charge < -0.3 is 10.4 Å². The Morgan fingerprint density at radius 1 is 1.39 bits per heavy atom. The van der Waals surface area contributed by atoms with E-state index in [1.807, 2.05) is 6.26 Å². The van der Waals surface area contributed by atoms with Crippen molar-refractivity contribution in [1.82, 2.24) is 10.3 Å². The van der Waals surface area contributed by atoms with Gasteiger partial charge in [0.1, 0.15) is 5.03 Å². The minimum Gasteiger partial charge on any atom is -0.396 e. The fraction of sp³-hybridized carbons (Fsp3) is 0.538. The van der Waals surface area contributed by atoms with Crippen molar-refractivity contribution in [1.29, 1.82) is 0 Å². The second kappa shape index (κ2) is 8.94. The third-order valence-electron chi connectivity index (χ3n) is 2.58. The normalized spacial score (nSPS) is 10.3. The average molecular weight is 268 g/mol. The molecule has 0 spiro atoms. The highest BCUT2D eigenvalue weighted by Gasteiger charge is 2.10. The summed E-state index contributed by atoms with van der Waals surface area (Å²) in [5, 5.41) is 12.3. The van der Waals surface area contributed by atoms with E-state index in [1.165, 1.54) is 11.8 Å². The first-order valence-electron chi connectivity index (χ1n) is 6.17. The predicted octanol–water partition coefficient (Wildman–Crippen LogP) is 2.09. The summed E-state index contributed by atoms with van der Waals surface area (Å²) in [5.41, 5.74) is 0.639. The molecule has 0 aromatic carbocycles. The van der Waals surface area contributed by atoms with Crippen molar-refractivity contribution in [2.45, 2.75) is 30.7 Å². The molecule has 0 aliphatic carbocycles. The standard InChI is InChI=1S/C13H20N2O2S/c1-18-13-11(7-6-9-15-13)12(17)14-8-4-2-3-5-10-16/h6-7,9,16H,2-5,8,10H2,1H3,(H,14,17). The summed E-state index contributed by atoms with van der Waals surface area (Å²) in [7, 11) is 0. The number of nitrogens with one attached hydrogen (secondary N) is 1. The van der Waals surface area contributed by atoms with Crippen molar-refractivity contribution in [2.75, 3.05) is 19.4 Å². The van der Waals surface area contributed by atoms with Crippen molar-refractivity contribution < 1.29 is 9.90 Å². The summed E-state index contributed by atoms with van der Waals surface area (Å²) in [6.45, 7) is 0.923. The smallest absolute Gasteiger partial charge is 0.254 e. The predicted molar refractivity (Wildman–Crippen MR) is 73.9 cm³/mol. The monoisotopic (exact) mass is 268 g/mol. The number of nitrogens with zero attached hydrogens (tertiary/aromatic N) is 1. The Morgan fingerprint density at radius 2 is 2.17 bits per heavy atom. The van der Waals surface area contributed by atoms with E-state index in [2.05, 4.69) is 10.3 Å². The molecule has 1 aromatic heterocycles. The molecule has 0 unspecified atom stereocenters. The fourth-order valence-corrected chi connectivity index (χ4v) is 2.16. The van der Waals surface area contributed by atoms with Crippen molar-refractivity contribution in [3.8, 4) is 0 Å². The number of rotatable bonds is 8. The zero-order chi connectivity index (χ0) is 13.2. The molecule has 0 radical (unpaired) electrons. The Balaban J connectivity index is 2.32. The molecule has 0 fully saturated rings. The van der Waals surface area contributed by atoms with Crippen LogP contribution in [0.5, 0.6) is 0 Å². The van der Waals surface area contributed by atoms with Crippen LogP contribution in [-0.4, -0.2) is 35.4 Å². The molecule has 4 nitrogen and oxygen atoms in total. The van der Waals surface area contributed by atoms with Gasteiger partial charge in [-0.2, -0.15) is 0 Å². The summed E-state index contributed by atoms with van der Waals surface area (Å²) < 4.78 is 0. The lowest BCUT2D eigenvalue weighted by Crippen LogP contribution is -2.25. The first kappa shape index (κ1) is 15.0. The van der Waals surface area contributed by atoms with Gasteiger partial charge in [-0.25, -0.2) is 4.98 Å². The van der Waals surface area contributed by atoms with Gasteiger partial charge in [-0.1, -0.05) is 12.8 Å². The van der Waals surface area contributed by atoms with E-state index in [0.29, 0.717) is 12.1 Å². The van der Waals surface area contributed by atoms with Crippen LogP contribution >= 0.6 is 11.8 Å². The number of unbranched alkanes of at least 4 members (excludes halogenated alkanes) is 3. The van der Waals surface area contributed by atoms with Gasteiger partial charge >= 0.3 is 0 Å². The Hall–Kier alpha value is -1.07. The number of amides is 1. The van der Waals surface area contributed by atoms with Crippen LogP contribution in [0.25, 0.3) is 0 Å². The van der Waals surface area contributed by atoms with E-state index >= 15 is 0 Å². The third kappa shape index (κ3) is 5.06. The lowest BCUT2D eigenvalue weighted by molar-refractivity contribution is 0.0949. The van der Waals surface area contributed by atoms with Crippen LogP contribution in [0.2, 0.25) is 0 Å². The largest absolute Gasteiger partial charge is 0.396 e. The molecule has 1 rings (SSSR count). The van der Waals surface area contributed by atoms with Crippen LogP contribution < -0.4 is 5.32 Å².